The number of rotatable bonds is 7. The number of anilines is 1. The number of benzene rings is 2. The Hall–Kier alpha value is -3.26. The van der Waals surface area contributed by atoms with Crippen LogP contribution < -0.4 is 4.90 Å². The second-order valence-electron chi connectivity index (χ2n) is 8.35. The Kier molecular flexibility index (Phi) is 7.03. The van der Waals surface area contributed by atoms with E-state index in [1.165, 1.54) is 36.4 Å². The van der Waals surface area contributed by atoms with Crippen LogP contribution in [-0.2, 0) is 6.54 Å². The molecule has 1 amide bonds. The molecule has 0 N–H and O–H groups in total. The van der Waals surface area contributed by atoms with Crippen molar-refractivity contribution < 1.29 is 18.1 Å². The molecule has 4 rings (SSSR count). The first-order valence-corrected chi connectivity index (χ1v) is 11.2. The van der Waals surface area contributed by atoms with Crippen molar-refractivity contribution in [1.29, 1.82) is 0 Å². The SMILES string of the molecule is CCCN(Cc1c(-c2ccc(F)cc2)noc1N1CCN(C)CC1)C(=O)c1ccc(F)cc1. The van der Waals surface area contributed by atoms with Crippen molar-refractivity contribution in [1.82, 2.24) is 15.0 Å². The minimum atomic E-state index is -0.386. The summed E-state index contributed by atoms with van der Waals surface area (Å²) in [6.45, 7) is 6.13. The predicted molar refractivity (Wildman–Crippen MR) is 123 cm³/mol. The number of amides is 1. The fourth-order valence-electron chi connectivity index (χ4n) is 4.02. The maximum atomic E-state index is 13.5. The highest BCUT2D eigenvalue weighted by Gasteiger charge is 2.28. The van der Waals surface area contributed by atoms with Gasteiger partial charge in [0, 0.05) is 43.9 Å². The molecule has 1 saturated heterocycles. The van der Waals surface area contributed by atoms with Crippen molar-refractivity contribution in [2.75, 3.05) is 44.7 Å². The third-order valence-electron chi connectivity index (χ3n) is 5.90. The minimum absolute atomic E-state index is 0.188. The number of piperazine rings is 1. The normalized spacial score (nSPS) is 14.5. The van der Waals surface area contributed by atoms with Crippen LogP contribution in [0.4, 0.5) is 14.7 Å². The molecule has 1 aliphatic heterocycles. The summed E-state index contributed by atoms with van der Waals surface area (Å²) in [5, 5.41) is 4.33. The van der Waals surface area contributed by atoms with Crippen LogP contribution in [0.3, 0.4) is 0 Å². The Bertz CT molecular complexity index is 1070. The summed E-state index contributed by atoms with van der Waals surface area (Å²) in [4.78, 5) is 19.4. The van der Waals surface area contributed by atoms with E-state index in [-0.39, 0.29) is 24.1 Å². The Balaban J connectivity index is 1.70. The van der Waals surface area contributed by atoms with Crippen LogP contribution in [0, 0.1) is 11.6 Å². The largest absolute Gasteiger partial charge is 0.338 e. The second-order valence-corrected chi connectivity index (χ2v) is 8.35. The number of carbonyl (C=O) groups excluding carboxylic acids is 1. The molecule has 8 heteroatoms. The van der Waals surface area contributed by atoms with Gasteiger partial charge in [0.05, 0.1) is 12.1 Å². The van der Waals surface area contributed by atoms with Gasteiger partial charge in [-0.3, -0.25) is 4.79 Å². The summed E-state index contributed by atoms with van der Waals surface area (Å²) in [5.41, 5.74) is 2.53. The van der Waals surface area contributed by atoms with Crippen LogP contribution >= 0.6 is 0 Å². The molecule has 1 fully saturated rings. The van der Waals surface area contributed by atoms with Crippen LogP contribution in [0.15, 0.2) is 53.1 Å². The third-order valence-corrected chi connectivity index (χ3v) is 5.90. The molecular weight excluding hydrogens is 426 g/mol. The van der Waals surface area contributed by atoms with Crippen molar-refractivity contribution in [3.8, 4) is 11.3 Å². The lowest BCUT2D eigenvalue weighted by molar-refractivity contribution is 0.0743. The lowest BCUT2D eigenvalue weighted by Gasteiger charge is -2.33. The Morgan fingerprint density at radius 3 is 2.21 bits per heavy atom. The molecule has 0 aliphatic carbocycles. The van der Waals surface area contributed by atoms with Gasteiger partial charge in [-0.1, -0.05) is 12.1 Å². The summed E-state index contributed by atoms with van der Waals surface area (Å²) in [6, 6.07) is 11.7. The zero-order valence-electron chi connectivity index (χ0n) is 18.9. The van der Waals surface area contributed by atoms with Gasteiger partial charge in [0.25, 0.3) is 5.91 Å². The summed E-state index contributed by atoms with van der Waals surface area (Å²) in [6.07, 6.45) is 0.758. The summed E-state index contributed by atoms with van der Waals surface area (Å²) < 4.78 is 32.7. The molecule has 1 aromatic heterocycles. The predicted octanol–water partition coefficient (Wildman–Crippen LogP) is 4.42. The molecule has 2 aromatic carbocycles. The van der Waals surface area contributed by atoms with E-state index < -0.39 is 0 Å². The first-order valence-electron chi connectivity index (χ1n) is 11.2. The van der Waals surface area contributed by atoms with Gasteiger partial charge in [-0.15, -0.1) is 0 Å². The van der Waals surface area contributed by atoms with E-state index in [1.807, 2.05) is 6.92 Å². The quantitative estimate of drug-likeness (QED) is 0.529. The van der Waals surface area contributed by atoms with Gasteiger partial charge in [0.2, 0.25) is 5.88 Å². The molecular formula is C25H28F2N4O2. The standard InChI is InChI=1S/C25H28F2N4O2/c1-3-12-31(24(32)19-6-10-21(27)11-7-19)17-22-23(18-4-8-20(26)9-5-18)28-33-25(22)30-15-13-29(2)14-16-30/h4-11H,3,12-17H2,1-2H3. The Morgan fingerprint density at radius 2 is 1.61 bits per heavy atom. The van der Waals surface area contributed by atoms with Crippen molar-refractivity contribution in [3.05, 3.63) is 71.3 Å². The van der Waals surface area contributed by atoms with E-state index in [9.17, 15) is 13.6 Å². The van der Waals surface area contributed by atoms with Gasteiger partial charge in [-0.05, 0) is 62.0 Å². The van der Waals surface area contributed by atoms with E-state index in [0.29, 0.717) is 23.7 Å². The maximum absolute atomic E-state index is 13.5. The lowest BCUT2D eigenvalue weighted by Crippen LogP contribution is -2.45. The number of carbonyl (C=O) groups is 1. The van der Waals surface area contributed by atoms with Crippen molar-refractivity contribution >= 4 is 11.8 Å². The topological polar surface area (TPSA) is 52.8 Å². The maximum Gasteiger partial charge on any atom is 0.254 e. The number of halogens is 2. The summed E-state index contributed by atoms with van der Waals surface area (Å²) in [5.74, 6) is -0.270. The van der Waals surface area contributed by atoms with Crippen LogP contribution in [0.1, 0.15) is 29.3 Å². The zero-order valence-corrected chi connectivity index (χ0v) is 18.9. The molecule has 1 aliphatic rings. The van der Waals surface area contributed by atoms with Gasteiger partial charge in [-0.2, -0.15) is 0 Å². The van der Waals surface area contributed by atoms with E-state index in [1.54, 1.807) is 17.0 Å². The average Bonchev–Trinajstić information content (AvgIpc) is 3.23. The molecule has 0 bridgehead atoms. The van der Waals surface area contributed by atoms with Gasteiger partial charge in [0.15, 0.2) is 0 Å². The van der Waals surface area contributed by atoms with E-state index in [4.69, 9.17) is 4.52 Å². The Labute approximate surface area is 192 Å². The van der Waals surface area contributed by atoms with E-state index in [0.717, 1.165) is 43.7 Å². The van der Waals surface area contributed by atoms with Gasteiger partial charge in [0.1, 0.15) is 17.3 Å². The number of likely N-dealkylation sites (N-methyl/N-ethyl adjacent to an activating group) is 1. The van der Waals surface area contributed by atoms with Crippen LogP contribution in [-0.4, -0.2) is 60.6 Å². The van der Waals surface area contributed by atoms with Crippen molar-refractivity contribution in [3.63, 3.8) is 0 Å². The minimum Gasteiger partial charge on any atom is -0.338 e. The van der Waals surface area contributed by atoms with Crippen LogP contribution in [0.2, 0.25) is 0 Å². The van der Waals surface area contributed by atoms with Crippen LogP contribution in [0.25, 0.3) is 11.3 Å². The Morgan fingerprint density at radius 1 is 1.00 bits per heavy atom. The highest BCUT2D eigenvalue weighted by Crippen LogP contribution is 2.33. The molecule has 0 atom stereocenters. The number of aromatic nitrogens is 1. The molecule has 174 valence electrons. The average molecular weight is 455 g/mol. The van der Waals surface area contributed by atoms with Crippen molar-refractivity contribution in [2.45, 2.75) is 19.9 Å². The molecule has 3 aromatic rings. The third kappa shape index (κ3) is 5.22. The number of nitrogens with zero attached hydrogens (tertiary/aromatic N) is 4. The molecule has 6 nitrogen and oxygen atoms in total. The first-order chi connectivity index (χ1) is 16.0. The highest BCUT2D eigenvalue weighted by atomic mass is 19.1. The highest BCUT2D eigenvalue weighted by molar-refractivity contribution is 5.94. The number of hydrogen-bond acceptors (Lipinski definition) is 5. The fraction of sp³-hybridized carbons (Fsp3) is 0.360. The first kappa shape index (κ1) is 22.9. The summed E-state index contributed by atoms with van der Waals surface area (Å²) in [7, 11) is 2.08. The molecule has 33 heavy (non-hydrogen) atoms. The van der Waals surface area contributed by atoms with E-state index in [2.05, 4.69) is 22.0 Å². The second kappa shape index (κ2) is 10.1. The molecule has 0 radical (unpaired) electrons. The monoisotopic (exact) mass is 454 g/mol. The van der Waals surface area contributed by atoms with Gasteiger partial charge >= 0.3 is 0 Å². The van der Waals surface area contributed by atoms with Gasteiger partial charge < -0.3 is 19.2 Å². The van der Waals surface area contributed by atoms with Crippen LogP contribution in [0.5, 0.6) is 0 Å². The van der Waals surface area contributed by atoms with Gasteiger partial charge in [-0.25, -0.2) is 8.78 Å². The van der Waals surface area contributed by atoms with Crippen molar-refractivity contribution in [2.24, 2.45) is 0 Å². The van der Waals surface area contributed by atoms with E-state index >= 15 is 0 Å². The smallest absolute Gasteiger partial charge is 0.254 e. The fourth-order valence-corrected chi connectivity index (χ4v) is 4.02. The molecule has 0 saturated carbocycles. The zero-order chi connectivity index (χ0) is 23.4. The molecule has 0 unspecified atom stereocenters. The molecule has 2 heterocycles. The number of hydrogen-bond donors (Lipinski definition) is 0. The molecule has 0 spiro atoms. The lowest BCUT2D eigenvalue weighted by atomic mass is 10.1. The summed E-state index contributed by atoms with van der Waals surface area (Å²) >= 11 is 0.